The number of ether oxygens (including phenoxy) is 1. The lowest BCUT2D eigenvalue weighted by atomic mass is 10.1. The first kappa shape index (κ1) is 20.0. The Labute approximate surface area is 179 Å². The molecule has 4 aromatic rings. The first-order chi connectivity index (χ1) is 14.5. The molecule has 3 aromatic carbocycles. The standard InChI is InChI=1S/C24H21ClN2O3/c1-3-12-29-18-8-5-16(6-9-18)23(28)26-20-14-17(7-10-19(20)25)24-27-21-13-15(2)4-11-22(21)30-24/h4-11,13-14H,3,12H2,1-2H3,(H,26,28). The van der Waals surface area contributed by atoms with Crippen LogP contribution in [0.4, 0.5) is 5.69 Å². The van der Waals surface area contributed by atoms with Gasteiger partial charge in [0.25, 0.3) is 5.91 Å². The maximum absolute atomic E-state index is 12.7. The fourth-order valence-corrected chi connectivity index (χ4v) is 3.20. The lowest BCUT2D eigenvalue weighted by molar-refractivity contribution is 0.102. The molecule has 4 rings (SSSR count). The molecule has 0 unspecified atom stereocenters. The smallest absolute Gasteiger partial charge is 0.255 e. The summed E-state index contributed by atoms with van der Waals surface area (Å²) in [5.41, 5.74) is 4.34. The van der Waals surface area contributed by atoms with Gasteiger partial charge in [0.15, 0.2) is 5.58 Å². The molecule has 0 aliphatic rings. The number of nitrogens with zero attached hydrogens (tertiary/aromatic N) is 1. The number of hydrogen-bond donors (Lipinski definition) is 1. The first-order valence-electron chi connectivity index (χ1n) is 9.75. The Morgan fingerprint density at radius 2 is 1.90 bits per heavy atom. The zero-order valence-electron chi connectivity index (χ0n) is 16.7. The number of anilines is 1. The third kappa shape index (κ3) is 4.31. The van der Waals surface area contributed by atoms with Gasteiger partial charge in [-0.2, -0.15) is 0 Å². The van der Waals surface area contributed by atoms with E-state index < -0.39 is 0 Å². The van der Waals surface area contributed by atoms with Gasteiger partial charge in [0, 0.05) is 11.1 Å². The minimum absolute atomic E-state index is 0.260. The molecular formula is C24H21ClN2O3. The van der Waals surface area contributed by atoms with Gasteiger partial charge in [-0.3, -0.25) is 4.79 Å². The number of aromatic nitrogens is 1. The summed E-state index contributed by atoms with van der Waals surface area (Å²) < 4.78 is 11.4. The molecule has 1 N–H and O–H groups in total. The monoisotopic (exact) mass is 420 g/mol. The van der Waals surface area contributed by atoms with Crippen molar-refractivity contribution in [1.82, 2.24) is 4.98 Å². The van der Waals surface area contributed by atoms with Crippen molar-refractivity contribution in [2.75, 3.05) is 11.9 Å². The highest BCUT2D eigenvalue weighted by Gasteiger charge is 2.13. The number of aryl methyl sites for hydroxylation is 1. The van der Waals surface area contributed by atoms with E-state index >= 15 is 0 Å². The van der Waals surface area contributed by atoms with Crippen molar-refractivity contribution in [3.05, 3.63) is 76.8 Å². The van der Waals surface area contributed by atoms with Crippen LogP contribution in [-0.2, 0) is 0 Å². The molecule has 0 atom stereocenters. The van der Waals surface area contributed by atoms with Gasteiger partial charge in [0.1, 0.15) is 11.3 Å². The van der Waals surface area contributed by atoms with Gasteiger partial charge in [-0.25, -0.2) is 4.98 Å². The normalized spacial score (nSPS) is 10.9. The molecule has 1 amide bonds. The van der Waals surface area contributed by atoms with Crippen LogP contribution in [0, 0.1) is 6.92 Å². The van der Waals surface area contributed by atoms with E-state index in [1.807, 2.05) is 38.1 Å². The molecule has 0 fully saturated rings. The maximum Gasteiger partial charge on any atom is 0.255 e. The Bertz CT molecular complexity index is 1200. The van der Waals surface area contributed by atoms with Gasteiger partial charge in [0.05, 0.1) is 17.3 Å². The summed E-state index contributed by atoms with van der Waals surface area (Å²) in [6.45, 7) is 4.69. The largest absolute Gasteiger partial charge is 0.494 e. The Kier molecular flexibility index (Phi) is 5.72. The molecule has 0 aliphatic heterocycles. The van der Waals surface area contributed by atoms with Crippen molar-refractivity contribution in [3.63, 3.8) is 0 Å². The lowest BCUT2D eigenvalue weighted by Crippen LogP contribution is -2.12. The van der Waals surface area contributed by atoms with Gasteiger partial charge in [-0.1, -0.05) is 24.6 Å². The summed E-state index contributed by atoms with van der Waals surface area (Å²) in [6.07, 6.45) is 0.927. The highest BCUT2D eigenvalue weighted by Crippen LogP contribution is 2.31. The predicted molar refractivity (Wildman–Crippen MR) is 119 cm³/mol. The molecule has 0 saturated carbocycles. The molecule has 152 valence electrons. The molecule has 0 bridgehead atoms. The van der Waals surface area contributed by atoms with E-state index in [4.69, 9.17) is 20.8 Å². The SMILES string of the molecule is CCCOc1ccc(C(=O)Nc2cc(-c3nc4cc(C)ccc4o3)ccc2Cl)cc1. The summed E-state index contributed by atoms with van der Waals surface area (Å²) >= 11 is 6.31. The fraction of sp³-hybridized carbons (Fsp3) is 0.167. The Hall–Kier alpha value is -3.31. The van der Waals surface area contributed by atoms with Crippen LogP contribution >= 0.6 is 11.6 Å². The Morgan fingerprint density at radius 1 is 1.10 bits per heavy atom. The molecule has 0 saturated heterocycles. The Balaban J connectivity index is 1.56. The third-order valence-corrected chi connectivity index (χ3v) is 4.92. The summed E-state index contributed by atoms with van der Waals surface area (Å²) in [7, 11) is 0. The van der Waals surface area contributed by atoms with Gasteiger partial charge >= 0.3 is 0 Å². The third-order valence-electron chi connectivity index (χ3n) is 4.59. The second kappa shape index (κ2) is 8.59. The van der Waals surface area contributed by atoms with E-state index in [1.54, 1.807) is 36.4 Å². The van der Waals surface area contributed by atoms with Crippen LogP contribution in [0.1, 0.15) is 29.3 Å². The van der Waals surface area contributed by atoms with Crippen LogP contribution in [-0.4, -0.2) is 17.5 Å². The van der Waals surface area contributed by atoms with Gasteiger partial charge in [0.2, 0.25) is 5.89 Å². The van der Waals surface area contributed by atoms with E-state index in [1.165, 1.54) is 0 Å². The molecular weight excluding hydrogens is 400 g/mol. The van der Waals surface area contributed by atoms with Crippen LogP contribution in [0.15, 0.2) is 65.1 Å². The van der Waals surface area contributed by atoms with E-state index in [-0.39, 0.29) is 5.91 Å². The number of rotatable bonds is 6. The van der Waals surface area contributed by atoms with Crippen LogP contribution < -0.4 is 10.1 Å². The van der Waals surface area contributed by atoms with E-state index in [0.29, 0.717) is 34.4 Å². The number of oxazole rings is 1. The number of fused-ring (bicyclic) bond motifs is 1. The second-order valence-electron chi connectivity index (χ2n) is 7.01. The number of halogens is 1. The van der Waals surface area contributed by atoms with Gasteiger partial charge in [-0.15, -0.1) is 0 Å². The summed E-state index contributed by atoms with van der Waals surface area (Å²) in [5, 5.41) is 3.29. The highest BCUT2D eigenvalue weighted by atomic mass is 35.5. The van der Waals surface area contributed by atoms with Crippen molar-refractivity contribution < 1.29 is 13.9 Å². The van der Waals surface area contributed by atoms with E-state index in [2.05, 4.69) is 10.3 Å². The van der Waals surface area contributed by atoms with E-state index in [9.17, 15) is 4.79 Å². The Morgan fingerprint density at radius 3 is 2.67 bits per heavy atom. The fourth-order valence-electron chi connectivity index (χ4n) is 3.03. The topological polar surface area (TPSA) is 64.4 Å². The molecule has 5 nitrogen and oxygen atoms in total. The average Bonchev–Trinajstić information content (AvgIpc) is 3.17. The molecule has 1 heterocycles. The summed E-state index contributed by atoms with van der Waals surface area (Å²) in [4.78, 5) is 17.2. The molecule has 1 aromatic heterocycles. The first-order valence-corrected chi connectivity index (χ1v) is 10.1. The van der Waals surface area contributed by atoms with Crippen molar-refractivity contribution >= 4 is 34.3 Å². The summed E-state index contributed by atoms with van der Waals surface area (Å²) in [5.74, 6) is 0.948. The zero-order chi connectivity index (χ0) is 21.1. The maximum atomic E-state index is 12.7. The molecule has 0 spiro atoms. The minimum atomic E-state index is -0.260. The van der Waals surface area contributed by atoms with Crippen molar-refractivity contribution in [3.8, 4) is 17.2 Å². The number of hydrogen-bond acceptors (Lipinski definition) is 4. The number of carbonyl (C=O) groups excluding carboxylic acids is 1. The lowest BCUT2D eigenvalue weighted by Gasteiger charge is -2.09. The van der Waals surface area contributed by atoms with Crippen molar-refractivity contribution in [2.24, 2.45) is 0 Å². The highest BCUT2D eigenvalue weighted by molar-refractivity contribution is 6.34. The average molecular weight is 421 g/mol. The summed E-state index contributed by atoms with van der Waals surface area (Å²) in [6, 6.07) is 18.1. The van der Waals surface area contributed by atoms with Crippen LogP contribution in [0.25, 0.3) is 22.6 Å². The van der Waals surface area contributed by atoms with Gasteiger partial charge < -0.3 is 14.5 Å². The van der Waals surface area contributed by atoms with Crippen molar-refractivity contribution in [2.45, 2.75) is 20.3 Å². The van der Waals surface area contributed by atoms with Gasteiger partial charge in [-0.05, 0) is 73.5 Å². The molecule has 30 heavy (non-hydrogen) atoms. The second-order valence-corrected chi connectivity index (χ2v) is 7.42. The van der Waals surface area contributed by atoms with Crippen LogP contribution in [0.2, 0.25) is 5.02 Å². The number of nitrogens with one attached hydrogen (secondary N) is 1. The minimum Gasteiger partial charge on any atom is -0.494 e. The molecule has 0 aliphatic carbocycles. The van der Waals surface area contributed by atoms with E-state index in [0.717, 1.165) is 28.8 Å². The van der Waals surface area contributed by atoms with Crippen LogP contribution in [0.5, 0.6) is 5.75 Å². The van der Waals surface area contributed by atoms with Crippen LogP contribution in [0.3, 0.4) is 0 Å². The number of benzene rings is 3. The quantitative estimate of drug-likeness (QED) is 0.386. The number of amides is 1. The predicted octanol–water partition coefficient (Wildman–Crippen LogP) is 6.50. The molecule has 6 heteroatoms. The zero-order valence-corrected chi connectivity index (χ0v) is 17.5. The number of carbonyl (C=O) groups is 1. The van der Waals surface area contributed by atoms with Crippen molar-refractivity contribution in [1.29, 1.82) is 0 Å². The molecule has 0 radical (unpaired) electrons.